The summed E-state index contributed by atoms with van der Waals surface area (Å²) in [4.78, 5) is 5.24. The topological polar surface area (TPSA) is 21.6 Å². The van der Waals surface area contributed by atoms with Crippen LogP contribution in [0.3, 0.4) is 0 Å². The van der Waals surface area contributed by atoms with Crippen LogP contribution >= 0.6 is 11.8 Å². The van der Waals surface area contributed by atoms with Gasteiger partial charge < -0.3 is 4.84 Å². The molecule has 1 heterocycles. The van der Waals surface area contributed by atoms with Crippen molar-refractivity contribution in [2.24, 2.45) is 5.16 Å². The van der Waals surface area contributed by atoms with Crippen molar-refractivity contribution in [2.75, 3.05) is 5.75 Å². The first-order valence-electron chi connectivity index (χ1n) is 6.48. The third-order valence-corrected chi connectivity index (χ3v) is 3.75. The highest BCUT2D eigenvalue weighted by Crippen LogP contribution is 2.30. The van der Waals surface area contributed by atoms with Crippen LogP contribution in [0, 0.1) is 0 Å². The second-order valence-corrected chi connectivity index (χ2v) is 6.44. The average Bonchev–Trinajstić information content (AvgIpc) is 2.74. The van der Waals surface area contributed by atoms with Crippen LogP contribution in [0.4, 0.5) is 13.2 Å². The maximum atomic E-state index is 12.6. The summed E-state index contributed by atoms with van der Waals surface area (Å²) in [5, 5.41) is 4.89. The van der Waals surface area contributed by atoms with Gasteiger partial charge in [-0.1, -0.05) is 29.4 Å². The van der Waals surface area contributed by atoms with Crippen LogP contribution in [0.2, 0.25) is 0 Å². The minimum atomic E-state index is -4.31. The Morgan fingerprint density at radius 2 is 2.14 bits per heavy atom. The van der Waals surface area contributed by atoms with E-state index < -0.39 is 11.7 Å². The van der Waals surface area contributed by atoms with Gasteiger partial charge >= 0.3 is 6.18 Å². The normalized spacial score (nSPS) is 17.9. The molecule has 0 unspecified atom stereocenters. The van der Waals surface area contributed by atoms with E-state index in [-0.39, 0.29) is 5.60 Å². The standard InChI is InChI=1S/C15H16F3NOS/c1-14(2)10-13(19-20-14)21-8-4-6-11-5-3-7-12(9-11)15(16,17)18/h3-7,9H,8,10H2,1-2H3. The molecule has 1 aromatic rings. The molecule has 0 amide bonds. The van der Waals surface area contributed by atoms with Crippen molar-refractivity contribution < 1.29 is 18.0 Å². The van der Waals surface area contributed by atoms with Crippen LogP contribution < -0.4 is 0 Å². The van der Waals surface area contributed by atoms with Gasteiger partial charge in [-0.2, -0.15) is 13.2 Å². The van der Waals surface area contributed by atoms with Crippen molar-refractivity contribution in [3.05, 3.63) is 41.5 Å². The number of alkyl halides is 3. The number of nitrogens with zero attached hydrogens (tertiary/aromatic N) is 1. The summed E-state index contributed by atoms with van der Waals surface area (Å²) in [5.41, 5.74) is -0.351. The molecule has 21 heavy (non-hydrogen) atoms. The van der Waals surface area contributed by atoms with Crippen molar-refractivity contribution in [3.8, 4) is 0 Å². The fraction of sp³-hybridized carbons (Fsp3) is 0.400. The van der Waals surface area contributed by atoms with E-state index in [1.807, 2.05) is 19.9 Å². The van der Waals surface area contributed by atoms with Gasteiger partial charge in [0, 0.05) is 12.2 Å². The Bertz CT molecular complexity index is 564. The molecule has 1 aliphatic rings. The number of hydrogen-bond acceptors (Lipinski definition) is 3. The van der Waals surface area contributed by atoms with Gasteiger partial charge in [0.25, 0.3) is 0 Å². The van der Waals surface area contributed by atoms with Crippen molar-refractivity contribution in [2.45, 2.75) is 32.0 Å². The fourth-order valence-electron chi connectivity index (χ4n) is 1.83. The highest BCUT2D eigenvalue weighted by Gasteiger charge is 2.30. The van der Waals surface area contributed by atoms with Gasteiger partial charge in [-0.15, -0.1) is 11.8 Å². The lowest BCUT2D eigenvalue weighted by Crippen LogP contribution is -2.18. The molecule has 114 valence electrons. The molecule has 0 spiro atoms. The van der Waals surface area contributed by atoms with Gasteiger partial charge in [0.1, 0.15) is 10.6 Å². The Kier molecular flexibility index (Phi) is 4.66. The minimum Gasteiger partial charge on any atom is -0.389 e. The van der Waals surface area contributed by atoms with E-state index in [1.54, 1.807) is 12.1 Å². The maximum absolute atomic E-state index is 12.6. The van der Waals surface area contributed by atoms with Gasteiger partial charge in [0.05, 0.1) is 5.56 Å². The molecule has 1 aromatic carbocycles. The molecular weight excluding hydrogens is 299 g/mol. The van der Waals surface area contributed by atoms with E-state index in [4.69, 9.17) is 4.84 Å². The number of hydrogen-bond donors (Lipinski definition) is 0. The molecule has 0 radical (unpaired) electrons. The van der Waals surface area contributed by atoms with E-state index in [0.717, 1.165) is 23.6 Å². The second-order valence-electron chi connectivity index (χ2n) is 5.35. The van der Waals surface area contributed by atoms with Gasteiger partial charge in [-0.3, -0.25) is 0 Å². The van der Waals surface area contributed by atoms with Crippen molar-refractivity contribution >= 4 is 22.9 Å². The SMILES string of the molecule is CC1(C)CC(SCC=Cc2cccc(C(F)(F)F)c2)=NO1. The first kappa shape index (κ1) is 15.9. The highest BCUT2D eigenvalue weighted by atomic mass is 32.2. The molecule has 2 nitrogen and oxygen atoms in total. The van der Waals surface area contributed by atoms with Crippen LogP contribution in [0.25, 0.3) is 6.08 Å². The fourth-order valence-corrected chi connectivity index (χ4v) is 2.75. The number of oxime groups is 1. The zero-order valence-corrected chi connectivity index (χ0v) is 12.6. The van der Waals surface area contributed by atoms with Crippen molar-refractivity contribution in [3.63, 3.8) is 0 Å². The first-order chi connectivity index (χ1) is 9.76. The van der Waals surface area contributed by atoms with Crippen LogP contribution in [0.1, 0.15) is 31.4 Å². The summed E-state index contributed by atoms with van der Waals surface area (Å²) in [6.07, 6.45) is -0.0348. The third kappa shape index (κ3) is 4.81. The molecule has 6 heteroatoms. The maximum Gasteiger partial charge on any atom is 0.416 e. The highest BCUT2D eigenvalue weighted by molar-refractivity contribution is 8.14. The number of benzene rings is 1. The molecule has 0 aliphatic carbocycles. The number of thioether (sulfide) groups is 1. The zero-order chi connectivity index (χ0) is 15.5. The molecule has 0 saturated heterocycles. The van der Waals surface area contributed by atoms with Crippen molar-refractivity contribution in [1.82, 2.24) is 0 Å². The average molecular weight is 315 g/mol. The molecule has 0 saturated carbocycles. The minimum absolute atomic E-state index is 0.257. The molecule has 1 aliphatic heterocycles. The molecule has 2 rings (SSSR count). The largest absolute Gasteiger partial charge is 0.416 e. The quantitative estimate of drug-likeness (QED) is 0.786. The predicted molar refractivity (Wildman–Crippen MR) is 80.2 cm³/mol. The molecule has 0 bridgehead atoms. The van der Waals surface area contributed by atoms with Crippen LogP contribution in [-0.4, -0.2) is 16.4 Å². The molecule has 0 atom stereocenters. The Hall–Kier alpha value is -1.43. The lowest BCUT2D eigenvalue weighted by Gasteiger charge is -2.12. The lowest BCUT2D eigenvalue weighted by molar-refractivity contribution is -0.137. The molecule has 0 fully saturated rings. The Balaban J connectivity index is 1.88. The number of halogens is 3. The summed E-state index contributed by atoms with van der Waals surface area (Å²) in [6.45, 7) is 3.92. The third-order valence-electron chi connectivity index (χ3n) is 2.84. The summed E-state index contributed by atoms with van der Waals surface area (Å²) in [7, 11) is 0. The van der Waals surface area contributed by atoms with Crippen LogP contribution in [0.5, 0.6) is 0 Å². The Morgan fingerprint density at radius 3 is 2.76 bits per heavy atom. The van der Waals surface area contributed by atoms with E-state index in [2.05, 4.69) is 5.16 Å². The Morgan fingerprint density at radius 1 is 1.38 bits per heavy atom. The van der Waals surface area contributed by atoms with Crippen LogP contribution in [-0.2, 0) is 11.0 Å². The first-order valence-corrected chi connectivity index (χ1v) is 7.46. The van der Waals surface area contributed by atoms with E-state index in [9.17, 15) is 13.2 Å². The van der Waals surface area contributed by atoms with Gasteiger partial charge in [-0.25, -0.2) is 0 Å². The molecule has 0 N–H and O–H groups in total. The summed E-state index contributed by atoms with van der Waals surface area (Å²) in [5.74, 6) is 0.647. The number of rotatable bonds is 3. The molecular formula is C15H16F3NOS. The van der Waals surface area contributed by atoms with Gasteiger partial charge in [0.15, 0.2) is 0 Å². The van der Waals surface area contributed by atoms with Gasteiger partial charge in [0.2, 0.25) is 0 Å². The summed E-state index contributed by atoms with van der Waals surface area (Å²) < 4.78 is 37.7. The summed E-state index contributed by atoms with van der Waals surface area (Å²) >= 11 is 1.53. The summed E-state index contributed by atoms with van der Waals surface area (Å²) in [6, 6.07) is 5.27. The Labute approximate surface area is 126 Å². The lowest BCUT2D eigenvalue weighted by atomic mass is 10.1. The zero-order valence-electron chi connectivity index (χ0n) is 11.8. The van der Waals surface area contributed by atoms with E-state index >= 15 is 0 Å². The van der Waals surface area contributed by atoms with E-state index in [1.165, 1.54) is 17.8 Å². The second kappa shape index (κ2) is 6.13. The van der Waals surface area contributed by atoms with Gasteiger partial charge in [-0.05, 0) is 31.5 Å². The van der Waals surface area contributed by atoms with E-state index in [0.29, 0.717) is 11.3 Å². The smallest absolute Gasteiger partial charge is 0.389 e. The predicted octanol–water partition coefficient (Wildman–Crippen LogP) is 4.96. The van der Waals surface area contributed by atoms with Crippen molar-refractivity contribution in [1.29, 1.82) is 0 Å². The van der Waals surface area contributed by atoms with Crippen LogP contribution in [0.15, 0.2) is 35.5 Å². The monoisotopic (exact) mass is 315 g/mol. The molecule has 0 aromatic heterocycles.